The van der Waals surface area contributed by atoms with Crippen LogP contribution in [0.1, 0.15) is 25.0 Å². The summed E-state index contributed by atoms with van der Waals surface area (Å²) in [6.07, 6.45) is 1.90. The Balaban J connectivity index is 2.68. The predicted octanol–water partition coefficient (Wildman–Crippen LogP) is 1.14. The molecule has 4 unspecified atom stereocenters. The largest absolute Gasteiger partial charge is 0.394 e. The SMILES string of the molecule is COCCOCOC(C)CC(C(CO)OCOCCOC)C(O)c1cccnc1. The lowest BCUT2D eigenvalue weighted by atomic mass is 9.87. The number of aromatic nitrogens is 1. The van der Waals surface area contributed by atoms with Gasteiger partial charge in [0.2, 0.25) is 0 Å². The highest BCUT2D eigenvalue weighted by atomic mass is 16.7. The summed E-state index contributed by atoms with van der Waals surface area (Å²) in [6.45, 7) is 3.46. The summed E-state index contributed by atoms with van der Waals surface area (Å²) >= 11 is 0. The second kappa shape index (κ2) is 16.6. The Morgan fingerprint density at radius 1 is 1.00 bits per heavy atom. The van der Waals surface area contributed by atoms with Crippen LogP contribution in [0.25, 0.3) is 0 Å². The topological polar surface area (TPSA) is 109 Å². The molecule has 0 radical (unpaired) electrons. The van der Waals surface area contributed by atoms with E-state index < -0.39 is 18.1 Å². The Hall–Kier alpha value is -1.17. The summed E-state index contributed by atoms with van der Waals surface area (Å²) in [5, 5.41) is 20.8. The van der Waals surface area contributed by atoms with Crippen LogP contribution in [-0.2, 0) is 28.4 Å². The normalized spacial score (nSPS) is 15.8. The third-order valence-electron chi connectivity index (χ3n) is 4.36. The van der Waals surface area contributed by atoms with Crippen molar-refractivity contribution >= 4 is 0 Å². The lowest BCUT2D eigenvalue weighted by Gasteiger charge is -2.32. The van der Waals surface area contributed by atoms with Crippen molar-refractivity contribution in [3.8, 4) is 0 Å². The Morgan fingerprint density at radius 2 is 1.66 bits per heavy atom. The minimum atomic E-state index is -0.889. The maximum absolute atomic E-state index is 10.9. The van der Waals surface area contributed by atoms with Gasteiger partial charge in [0.05, 0.1) is 51.3 Å². The quantitative estimate of drug-likeness (QED) is 0.268. The third kappa shape index (κ3) is 11.0. The number of pyridine rings is 1. The van der Waals surface area contributed by atoms with Crippen LogP contribution in [0.15, 0.2) is 24.5 Å². The molecule has 0 aliphatic carbocycles. The van der Waals surface area contributed by atoms with Gasteiger partial charge < -0.3 is 38.6 Å². The highest BCUT2D eigenvalue weighted by molar-refractivity contribution is 5.13. The monoisotopic (exact) mass is 417 g/mol. The Morgan fingerprint density at radius 3 is 2.21 bits per heavy atom. The summed E-state index contributed by atoms with van der Waals surface area (Å²) in [5.74, 6) is -0.441. The number of hydrogen-bond donors (Lipinski definition) is 2. The molecule has 29 heavy (non-hydrogen) atoms. The van der Waals surface area contributed by atoms with Crippen molar-refractivity contribution in [2.24, 2.45) is 5.92 Å². The van der Waals surface area contributed by atoms with Crippen LogP contribution in [-0.4, -0.2) is 88.2 Å². The highest BCUT2D eigenvalue weighted by Crippen LogP contribution is 2.30. The van der Waals surface area contributed by atoms with E-state index in [4.69, 9.17) is 28.4 Å². The van der Waals surface area contributed by atoms with E-state index >= 15 is 0 Å². The molecule has 0 aliphatic heterocycles. The van der Waals surface area contributed by atoms with Gasteiger partial charge in [-0.25, -0.2) is 0 Å². The smallest absolute Gasteiger partial charge is 0.147 e. The van der Waals surface area contributed by atoms with E-state index in [1.54, 1.807) is 38.7 Å². The predicted molar refractivity (Wildman–Crippen MR) is 105 cm³/mol. The Labute approximate surface area is 172 Å². The number of aliphatic hydroxyl groups is 2. The number of aliphatic hydroxyl groups excluding tert-OH is 2. The first-order valence-electron chi connectivity index (χ1n) is 9.69. The van der Waals surface area contributed by atoms with Crippen LogP contribution < -0.4 is 0 Å². The number of rotatable bonds is 18. The fraction of sp³-hybridized carbons (Fsp3) is 0.750. The van der Waals surface area contributed by atoms with Crippen molar-refractivity contribution in [1.82, 2.24) is 4.98 Å². The van der Waals surface area contributed by atoms with Gasteiger partial charge in [0, 0.05) is 32.5 Å². The summed E-state index contributed by atoms with van der Waals surface area (Å²) < 4.78 is 31.9. The molecule has 1 aromatic heterocycles. The lowest BCUT2D eigenvalue weighted by Crippen LogP contribution is -2.36. The molecule has 1 heterocycles. The van der Waals surface area contributed by atoms with E-state index in [1.807, 2.05) is 6.92 Å². The van der Waals surface area contributed by atoms with E-state index in [-0.39, 0.29) is 26.3 Å². The van der Waals surface area contributed by atoms with Crippen molar-refractivity contribution < 1.29 is 38.6 Å². The van der Waals surface area contributed by atoms with Crippen molar-refractivity contribution in [1.29, 1.82) is 0 Å². The minimum absolute atomic E-state index is 0.0137. The zero-order valence-corrected chi connectivity index (χ0v) is 17.6. The van der Waals surface area contributed by atoms with Crippen LogP contribution in [0.4, 0.5) is 0 Å². The first kappa shape index (κ1) is 25.9. The van der Waals surface area contributed by atoms with Crippen LogP contribution in [0.5, 0.6) is 0 Å². The minimum Gasteiger partial charge on any atom is -0.394 e. The second-order valence-electron chi connectivity index (χ2n) is 6.53. The fourth-order valence-corrected chi connectivity index (χ4v) is 2.75. The number of ether oxygens (including phenoxy) is 6. The molecule has 9 nitrogen and oxygen atoms in total. The molecule has 1 aromatic rings. The van der Waals surface area contributed by atoms with Gasteiger partial charge in [-0.3, -0.25) is 4.98 Å². The van der Waals surface area contributed by atoms with Gasteiger partial charge in [-0.1, -0.05) is 6.07 Å². The molecule has 0 amide bonds. The van der Waals surface area contributed by atoms with Gasteiger partial charge in [-0.05, 0) is 25.0 Å². The van der Waals surface area contributed by atoms with Crippen LogP contribution in [0.3, 0.4) is 0 Å². The Bertz CT molecular complexity index is 493. The van der Waals surface area contributed by atoms with Crippen LogP contribution >= 0.6 is 0 Å². The van der Waals surface area contributed by atoms with Crippen molar-refractivity contribution in [2.75, 3.05) is 60.8 Å². The van der Waals surface area contributed by atoms with Gasteiger partial charge in [0.1, 0.15) is 13.6 Å². The van der Waals surface area contributed by atoms with E-state index in [9.17, 15) is 10.2 Å². The summed E-state index contributed by atoms with van der Waals surface area (Å²) in [4.78, 5) is 4.06. The molecule has 0 saturated heterocycles. The molecule has 9 heteroatoms. The van der Waals surface area contributed by atoms with E-state index in [0.29, 0.717) is 38.4 Å². The van der Waals surface area contributed by atoms with Crippen molar-refractivity contribution in [3.63, 3.8) is 0 Å². The van der Waals surface area contributed by atoms with E-state index in [1.165, 1.54) is 0 Å². The fourth-order valence-electron chi connectivity index (χ4n) is 2.75. The van der Waals surface area contributed by atoms with Gasteiger partial charge in [0.25, 0.3) is 0 Å². The zero-order valence-electron chi connectivity index (χ0n) is 17.6. The number of nitrogens with zero attached hydrogens (tertiary/aromatic N) is 1. The molecule has 4 atom stereocenters. The first-order valence-corrected chi connectivity index (χ1v) is 9.69. The first-order chi connectivity index (χ1) is 14.1. The van der Waals surface area contributed by atoms with Gasteiger partial charge in [0.15, 0.2) is 0 Å². The molecule has 2 N–H and O–H groups in total. The molecular weight excluding hydrogens is 382 g/mol. The van der Waals surface area contributed by atoms with Crippen LogP contribution in [0.2, 0.25) is 0 Å². The molecule has 0 aromatic carbocycles. The number of methoxy groups -OCH3 is 2. The highest BCUT2D eigenvalue weighted by Gasteiger charge is 2.32. The standard InChI is InChI=1S/C20H35NO8/c1-16(28-14-26-9-7-24-2)11-18(20(23)17-5-4-6-21-12-17)19(13-22)29-15-27-10-8-25-3/h4-6,12,16,18-20,22-23H,7-11,13-15H2,1-3H3. The average molecular weight is 417 g/mol. The van der Waals surface area contributed by atoms with Crippen molar-refractivity contribution in [2.45, 2.75) is 31.7 Å². The molecular formula is C20H35NO8. The molecule has 0 aliphatic rings. The van der Waals surface area contributed by atoms with Gasteiger partial charge in [-0.15, -0.1) is 0 Å². The summed E-state index contributed by atoms with van der Waals surface area (Å²) in [6, 6.07) is 3.54. The molecule has 0 saturated carbocycles. The van der Waals surface area contributed by atoms with E-state index in [2.05, 4.69) is 4.98 Å². The maximum atomic E-state index is 10.9. The van der Waals surface area contributed by atoms with Gasteiger partial charge in [-0.2, -0.15) is 0 Å². The molecule has 0 fully saturated rings. The van der Waals surface area contributed by atoms with Gasteiger partial charge >= 0.3 is 0 Å². The third-order valence-corrected chi connectivity index (χ3v) is 4.36. The Kier molecular flexibility index (Phi) is 14.8. The average Bonchev–Trinajstić information content (AvgIpc) is 2.75. The molecule has 168 valence electrons. The zero-order chi connectivity index (χ0) is 21.3. The van der Waals surface area contributed by atoms with Crippen molar-refractivity contribution in [3.05, 3.63) is 30.1 Å². The maximum Gasteiger partial charge on any atom is 0.147 e. The lowest BCUT2D eigenvalue weighted by molar-refractivity contribution is -0.153. The summed E-state index contributed by atoms with van der Waals surface area (Å²) in [7, 11) is 3.19. The summed E-state index contributed by atoms with van der Waals surface area (Å²) in [5.41, 5.74) is 0.642. The van der Waals surface area contributed by atoms with E-state index in [0.717, 1.165) is 0 Å². The van der Waals surface area contributed by atoms with Crippen LogP contribution in [0, 0.1) is 5.92 Å². The molecule has 0 bridgehead atoms. The number of hydrogen-bond acceptors (Lipinski definition) is 9. The second-order valence-corrected chi connectivity index (χ2v) is 6.53. The molecule has 0 spiro atoms. The molecule has 1 rings (SSSR count).